The first kappa shape index (κ1) is 13.7. The number of rotatable bonds is 0. The van der Waals surface area contributed by atoms with Gasteiger partial charge in [0, 0.05) is 0 Å². The van der Waals surface area contributed by atoms with Crippen LogP contribution in [-0.2, 0) is 0 Å². The van der Waals surface area contributed by atoms with Crippen LogP contribution in [0.4, 0.5) is 17.3 Å². The third-order valence-corrected chi connectivity index (χ3v) is 2.45. The van der Waals surface area contributed by atoms with Crippen LogP contribution in [0.2, 0.25) is 0 Å². The van der Waals surface area contributed by atoms with E-state index in [0.717, 1.165) is 5.92 Å². The summed E-state index contributed by atoms with van der Waals surface area (Å²) in [7, 11) is -1.35. The number of hydrogen-bond donors (Lipinski definition) is 0. The summed E-state index contributed by atoms with van der Waals surface area (Å²) in [5.41, 5.74) is 0. The summed E-state index contributed by atoms with van der Waals surface area (Å²) in [5, 5.41) is 0. The van der Waals surface area contributed by atoms with Gasteiger partial charge in [0.25, 0.3) is 0 Å². The van der Waals surface area contributed by atoms with Gasteiger partial charge in [0.05, 0.1) is 27.2 Å². The van der Waals surface area contributed by atoms with E-state index in [9.17, 15) is 17.3 Å². The molecule has 1 fully saturated rings. The van der Waals surface area contributed by atoms with Gasteiger partial charge in [-0.15, -0.1) is 0 Å². The summed E-state index contributed by atoms with van der Waals surface area (Å²) in [6.07, 6.45) is 2.85. The van der Waals surface area contributed by atoms with Gasteiger partial charge in [0.15, 0.2) is 0 Å². The number of hydrogen-bond acceptors (Lipinski definition) is 0. The number of nitrogens with zero attached hydrogens (tertiary/aromatic N) is 1. The minimum absolute atomic E-state index is 0.983. The second-order valence-electron chi connectivity index (χ2n) is 4.56. The first-order valence-electron chi connectivity index (χ1n) is 4.79. The van der Waals surface area contributed by atoms with E-state index in [0.29, 0.717) is 0 Å². The van der Waals surface area contributed by atoms with Crippen LogP contribution >= 0.6 is 0 Å². The summed E-state index contributed by atoms with van der Waals surface area (Å²) in [6, 6.07) is 0. The van der Waals surface area contributed by atoms with Gasteiger partial charge in [0.2, 0.25) is 0 Å². The van der Waals surface area contributed by atoms with Gasteiger partial charge < -0.3 is 21.7 Å². The van der Waals surface area contributed by atoms with Crippen LogP contribution < -0.4 is 0 Å². The van der Waals surface area contributed by atoms with Crippen molar-refractivity contribution in [2.45, 2.75) is 19.8 Å². The molecule has 1 aliphatic heterocycles. The average molecular weight is 215 g/mol. The minimum Gasteiger partial charge on any atom is -0.418 e. The molecule has 1 aliphatic rings. The predicted molar refractivity (Wildman–Crippen MR) is 50.4 cm³/mol. The third kappa shape index (κ3) is 9.83. The molecule has 1 nitrogen and oxygen atoms in total. The van der Waals surface area contributed by atoms with Crippen molar-refractivity contribution in [1.29, 1.82) is 0 Å². The molecule has 0 aliphatic carbocycles. The second kappa shape index (κ2) is 5.00. The van der Waals surface area contributed by atoms with Crippen molar-refractivity contribution in [2.24, 2.45) is 5.92 Å². The average Bonchev–Trinajstić information content (AvgIpc) is 1.92. The highest BCUT2D eigenvalue weighted by Crippen LogP contribution is 2.18. The van der Waals surface area contributed by atoms with Crippen LogP contribution in [0, 0.1) is 5.92 Å². The van der Waals surface area contributed by atoms with Gasteiger partial charge in [-0.25, -0.2) is 0 Å². The number of halogens is 4. The molecule has 0 atom stereocenters. The first-order valence-corrected chi connectivity index (χ1v) is 4.79. The molecule has 0 aromatic heterocycles. The fourth-order valence-corrected chi connectivity index (χ4v) is 1.40. The normalized spacial score (nSPS) is 22.5. The molecule has 0 aromatic carbocycles. The molecule has 0 amide bonds. The van der Waals surface area contributed by atoms with Crippen molar-refractivity contribution in [3.05, 3.63) is 0 Å². The lowest BCUT2D eigenvalue weighted by molar-refractivity contribution is -0.896. The van der Waals surface area contributed by atoms with Crippen LogP contribution in [0.3, 0.4) is 0 Å². The van der Waals surface area contributed by atoms with E-state index in [2.05, 4.69) is 21.0 Å². The zero-order valence-electron chi connectivity index (χ0n) is 8.94. The SMILES string of the molecule is CC1CC[N+](C)(C)CC1.F[B-](F)(F)F. The Morgan fingerprint density at radius 3 is 1.50 bits per heavy atom. The van der Waals surface area contributed by atoms with E-state index in [-0.39, 0.29) is 0 Å². The fourth-order valence-electron chi connectivity index (χ4n) is 1.40. The zero-order valence-corrected chi connectivity index (χ0v) is 8.94. The molecule has 0 spiro atoms. The van der Waals surface area contributed by atoms with Gasteiger partial charge in [-0.3, -0.25) is 0 Å². The summed E-state index contributed by atoms with van der Waals surface area (Å²) in [5.74, 6) is 0.983. The van der Waals surface area contributed by atoms with E-state index >= 15 is 0 Å². The van der Waals surface area contributed by atoms with Gasteiger partial charge >= 0.3 is 7.25 Å². The van der Waals surface area contributed by atoms with E-state index < -0.39 is 7.25 Å². The van der Waals surface area contributed by atoms with Gasteiger partial charge in [-0.1, -0.05) is 6.92 Å². The molecule has 0 aromatic rings. The summed E-state index contributed by atoms with van der Waals surface area (Å²) in [6.45, 7) is 5.11. The van der Waals surface area contributed by atoms with Crippen molar-refractivity contribution in [3.63, 3.8) is 0 Å². The highest BCUT2D eigenvalue weighted by molar-refractivity contribution is 6.50. The van der Waals surface area contributed by atoms with E-state index in [4.69, 9.17) is 0 Å². The van der Waals surface area contributed by atoms with Crippen molar-refractivity contribution < 1.29 is 21.7 Å². The Labute approximate surface area is 82.8 Å². The Morgan fingerprint density at radius 1 is 1.00 bits per heavy atom. The molecule has 0 radical (unpaired) electrons. The molecule has 14 heavy (non-hydrogen) atoms. The van der Waals surface area contributed by atoms with Crippen LogP contribution in [0.15, 0.2) is 0 Å². The monoisotopic (exact) mass is 215 g/mol. The highest BCUT2D eigenvalue weighted by Gasteiger charge is 2.22. The fraction of sp³-hybridized carbons (Fsp3) is 1.00. The maximum Gasteiger partial charge on any atom is 0.673 e. The quantitative estimate of drug-likeness (QED) is 0.331. The Bertz CT molecular complexity index is 153. The number of likely N-dealkylation sites (tertiary alicyclic amines) is 1. The lowest BCUT2D eigenvalue weighted by Gasteiger charge is -2.35. The van der Waals surface area contributed by atoms with Crippen molar-refractivity contribution in [2.75, 3.05) is 27.2 Å². The molecule has 1 saturated heterocycles. The second-order valence-corrected chi connectivity index (χ2v) is 4.56. The summed E-state index contributed by atoms with van der Waals surface area (Å²) < 4.78 is 40.2. The zero-order chi connectivity index (χ0) is 11.4. The van der Waals surface area contributed by atoms with Crippen molar-refractivity contribution in [1.82, 2.24) is 0 Å². The standard InChI is InChI=1S/C8H18N.BF4/c1-8-4-6-9(2,3)7-5-8;2-1(3,4)5/h8H,4-7H2,1-3H3;/q+1;-1. The molecule has 0 bridgehead atoms. The molecule has 86 valence electrons. The molecule has 1 rings (SSSR count). The highest BCUT2D eigenvalue weighted by atomic mass is 19.5. The van der Waals surface area contributed by atoms with E-state index in [1.807, 2.05) is 0 Å². The van der Waals surface area contributed by atoms with Crippen LogP contribution in [0.1, 0.15) is 19.8 Å². The van der Waals surface area contributed by atoms with Crippen molar-refractivity contribution >= 4 is 7.25 Å². The Kier molecular flexibility index (Phi) is 4.91. The van der Waals surface area contributed by atoms with Gasteiger partial charge in [-0.2, -0.15) is 0 Å². The molecule has 0 N–H and O–H groups in total. The molecule has 0 saturated carbocycles. The summed E-state index contributed by atoms with van der Waals surface area (Å²) >= 11 is 0. The van der Waals surface area contributed by atoms with Gasteiger partial charge in [-0.05, 0) is 18.8 Å². The predicted octanol–water partition coefficient (Wildman–Crippen LogP) is 2.79. The van der Waals surface area contributed by atoms with Gasteiger partial charge in [0.1, 0.15) is 0 Å². The minimum atomic E-state index is -6.00. The molecule has 1 heterocycles. The maximum absolute atomic E-state index is 9.75. The first-order chi connectivity index (χ1) is 6.10. The molecule has 0 unspecified atom stereocenters. The van der Waals surface area contributed by atoms with Crippen LogP contribution in [0.5, 0.6) is 0 Å². The Balaban J connectivity index is 0.000000292. The molecule has 6 heteroatoms. The van der Waals surface area contributed by atoms with E-state index in [1.54, 1.807) is 0 Å². The number of quaternary nitrogens is 1. The maximum atomic E-state index is 9.75. The number of piperidine rings is 1. The lowest BCUT2D eigenvalue weighted by atomic mass is 9.98. The molecular formula is C8H18BF4N. The third-order valence-electron chi connectivity index (χ3n) is 2.45. The topological polar surface area (TPSA) is 0 Å². The Morgan fingerprint density at radius 2 is 1.29 bits per heavy atom. The largest absolute Gasteiger partial charge is 0.673 e. The van der Waals surface area contributed by atoms with Crippen LogP contribution in [-0.4, -0.2) is 38.9 Å². The van der Waals surface area contributed by atoms with E-state index in [1.165, 1.54) is 30.4 Å². The smallest absolute Gasteiger partial charge is 0.418 e. The van der Waals surface area contributed by atoms with Crippen LogP contribution in [0.25, 0.3) is 0 Å². The molecular weight excluding hydrogens is 197 g/mol. The lowest BCUT2D eigenvalue weighted by Crippen LogP contribution is -2.45. The summed E-state index contributed by atoms with van der Waals surface area (Å²) in [4.78, 5) is 0. The van der Waals surface area contributed by atoms with Crippen molar-refractivity contribution in [3.8, 4) is 0 Å². The Hall–Kier alpha value is -0.255.